The molecule has 0 spiro atoms. The average molecular weight is 361 g/mol. The van der Waals surface area contributed by atoms with Crippen LogP contribution >= 0.6 is 11.3 Å². The van der Waals surface area contributed by atoms with Gasteiger partial charge in [-0.15, -0.1) is 11.3 Å². The Balaban J connectivity index is 1.70. The second-order valence-corrected chi connectivity index (χ2v) is 8.40. The first-order valence-corrected chi connectivity index (χ1v) is 10.1. The van der Waals surface area contributed by atoms with Crippen LogP contribution in [0.1, 0.15) is 22.0 Å². The van der Waals surface area contributed by atoms with Crippen LogP contribution in [0.4, 0.5) is 0 Å². The molecule has 2 heterocycles. The van der Waals surface area contributed by atoms with Crippen molar-refractivity contribution in [2.75, 3.05) is 6.54 Å². The van der Waals surface area contributed by atoms with Gasteiger partial charge in [0.25, 0.3) is 0 Å². The SMILES string of the molecule is Cc1ccc(CS(=O)(=O)NCC(c2cccs2)n2cccn2)cc1. The minimum Gasteiger partial charge on any atom is -0.263 e. The molecule has 24 heavy (non-hydrogen) atoms. The molecule has 0 fully saturated rings. The summed E-state index contributed by atoms with van der Waals surface area (Å²) in [5.74, 6) is -0.0243. The maximum atomic E-state index is 12.4. The fourth-order valence-corrected chi connectivity index (χ4v) is 4.40. The molecule has 0 amide bonds. The molecule has 1 aromatic carbocycles. The first-order chi connectivity index (χ1) is 11.5. The third-order valence-electron chi connectivity index (χ3n) is 3.69. The molecule has 1 unspecified atom stereocenters. The van der Waals surface area contributed by atoms with Gasteiger partial charge in [0.1, 0.15) is 0 Å². The van der Waals surface area contributed by atoms with Crippen LogP contribution in [-0.4, -0.2) is 24.7 Å². The zero-order valence-electron chi connectivity index (χ0n) is 13.3. The Morgan fingerprint density at radius 3 is 2.62 bits per heavy atom. The highest BCUT2D eigenvalue weighted by Crippen LogP contribution is 2.22. The second-order valence-electron chi connectivity index (χ2n) is 5.61. The van der Waals surface area contributed by atoms with Gasteiger partial charge in [-0.1, -0.05) is 35.9 Å². The molecule has 126 valence electrons. The number of nitrogens with one attached hydrogen (secondary N) is 1. The van der Waals surface area contributed by atoms with Crippen molar-refractivity contribution in [2.24, 2.45) is 0 Å². The molecular formula is C17H19N3O2S2. The van der Waals surface area contributed by atoms with Gasteiger partial charge in [0.2, 0.25) is 10.0 Å². The maximum absolute atomic E-state index is 12.4. The quantitative estimate of drug-likeness (QED) is 0.704. The van der Waals surface area contributed by atoms with Crippen molar-refractivity contribution in [3.8, 4) is 0 Å². The molecule has 3 aromatic rings. The van der Waals surface area contributed by atoms with E-state index in [-0.39, 0.29) is 18.3 Å². The average Bonchev–Trinajstić information content (AvgIpc) is 3.23. The van der Waals surface area contributed by atoms with E-state index in [1.165, 1.54) is 0 Å². The van der Waals surface area contributed by atoms with Crippen molar-refractivity contribution in [1.29, 1.82) is 0 Å². The number of rotatable bonds is 7. The molecular weight excluding hydrogens is 342 g/mol. The maximum Gasteiger partial charge on any atom is 0.215 e. The summed E-state index contributed by atoms with van der Waals surface area (Å²) in [6.07, 6.45) is 3.54. The smallest absolute Gasteiger partial charge is 0.215 e. The molecule has 0 aliphatic heterocycles. The van der Waals surface area contributed by atoms with Gasteiger partial charge in [-0.25, -0.2) is 13.1 Å². The van der Waals surface area contributed by atoms with E-state index in [1.54, 1.807) is 22.2 Å². The predicted octanol–water partition coefficient (Wildman–Crippen LogP) is 2.96. The molecule has 0 bridgehead atoms. The van der Waals surface area contributed by atoms with Crippen molar-refractivity contribution in [3.05, 3.63) is 76.2 Å². The Morgan fingerprint density at radius 1 is 1.21 bits per heavy atom. The van der Waals surface area contributed by atoms with Crippen molar-refractivity contribution >= 4 is 21.4 Å². The molecule has 0 saturated carbocycles. The van der Waals surface area contributed by atoms with E-state index in [4.69, 9.17) is 0 Å². The highest BCUT2D eigenvalue weighted by Gasteiger charge is 2.19. The van der Waals surface area contributed by atoms with Crippen molar-refractivity contribution < 1.29 is 8.42 Å². The summed E-state index contributed by atoms with van der Waals surface area (Å²) < 4.78 is 29.3. The summed E-state index contributed by atoms with van der Waals surface area (Å²) in [5, 5.41) is 6.23. The monoisotopic (exact) mass is 361 g/mol. The van der Waals surface area contributed by atoms with Crippen LogP contribution in [0.25, 0.3) is 0 Å². The van der Waals surface area contributed by atoms with Crippen LogP contribution in [0.5, 0.6) is 0 Å². The van der Waals surface area contributed by atoms with Crippen molar-refractivity contribution in [1.82, 2.24) is 14.5 Å². The highest BCUT2D eigenvalue weighted by molar-refractivity contribution is 7.88. The van der Waals surface area contributed by atoms with Gasteiger partial charge in [-0.05, 0) is 30.0 Å². The molecule has 0 radical (unpaired) electrons. The first-order valence-electron chi connectivity index (χ1n) is 7.59. The lowest BCUT2D eigenvalue weighted by molar-refractivity contribution is 0.511. The van der Waals surface area contributed by atoms with Gasteiger partial charge in [0.15, 0.2) is 0 Å². The van der Waals surface area contributed by atoms with E-state index in [0.29, 0.717) is 0 Å². The molecule has 0 aliphatic carbocycles. The van der Waals surface area contributed by atoms with E-state index >= 15 is 0 Å². The summed E-state index contributed by atoms with van der Waals surface area (Å²) in [7, 11) is -3.41. The number of aromatic nitrogens is 2. The molecule has 5 nitrogen and oxygen atoms in total. The predicted molar refractivity (Wildman–Crippen MR) is 96.5 cm³/mol. The van der Waals surface area contributed by atoms with Gasteiger partial charge >= 0.3 is 0 Å². The Hall–Kier alpha value is -1.96. The summed E-state index contributed by atoms with van der Waals surface area (Å²) in [6, 6.07) is 13.2. The summed E-state index contributed by atoms with van der Waals surface area (Å²) >= 11 is 1.59. The Labute approximate surface area is 146 Å². The van der Waals surface area contributed by atoms with E-state index in [2.05, 4.69) is 9.82 Å². The van der Waals surface area contributed by atoms with Crippen LogP contribution in [0, 0.1) is 6.92 Å². The Kier molecular flexibility index (Phi) is 5.13. The number of sulfonamides is 1. The third-order valence-corrected chi connectivity index (χ3v) is 5.98. The highest BCUT2D eigenvalue weighted by atomic mass is 32.2. The van der Waals surface area contributed by atoms with Gasteiger partial charge in [0, 0.05) is 23.8 Å². The first kappa shape index (κ1) is 16.9. The fraction of sp³-hybridized carbons (Fsp3) is 0.235. The van der Waals surface area contributed by atoms with E-state index in [0.717, 1.165) is 16.0 Å². The van der Waals surface area contributed by atoms with Gasteiger partial charge in [-0.2, -0.15) is 5.10 Å². The number of aryl methyl sites for hydroxylation is 1. The van der Waals surface area contributed by atoms with Crippen molar-refractivity contribution in [2.45, 2.75) is 18.7 Å². The van der Waals surface area contributed by atoms with E-state index in [1.807, 2.05) is 61.0 Å². The van der Waals surface area contributed by atoms with Crippen LogP contribution < -0.4 is 4.72 Å². The second kappa shape index (κ2) is 7.29. The fourth-order valence-electron chi connectivity index (χ4n) is 2.43. The number of thiophene rings is 1. The minimum atomic E-state index is -3.41. The lowest BCUT2D eigenvalue weighted by atomic mass is 10.2. The van der Waals surface area contributed by atoms with Crippen LogP contribution in [0.2, 0.25) is 0 Å². The lowest BCUT2D eigenvalue weighted by Crippen LogP contribution is -2.32. The molecule has 7 heteroatoms. The molecule has 1 atom stereocenters. The zero-order chi connectivity index (χ0) is 17.0. The van der Waals surface area contributed by atoms with Gasteiger partial charge in [-0.3, -0.25) is 4.68 Å². The van der Waals surface area contributed by atoms with Crippen LogP contribution in [-0.2, 0) is 15.8 Å². The molecule has 2 aromatic heterocycles. The van der Waals surface area contributed by atoms with E-state index < -0.39 is 10.0 Å². The Morgan fingerprint density at radius 2 is 2.00 bits per heavy atom. The van der Waals surface area contributed by atoms with Gasteiger partial charge < -0.3 is 0 Å². The standard InChI is InChI=1S/C17H19N3O2S2/c1-14-5-7-15(8-6-14)13-24(21,22)19-12-16(17-4-2-11-23-17)20-10-3-9-18-20/h2-11,16,19H,12-13H2,1H3. The molecule has 0 saturated heterocycles. The van der Waals surface area contributed by atoms with Crippen LogP contribution in [0.3, 0.4) is 0 Å². The van der Waals surface area contributed by atoms with Crippen LogP contribution in [0.15, 0.2) is 60.2 Å². The third kappa shape index (κ3) is 4.31. The normalized spacial score (nSPS) is 13.0. The summed E-state index contributed by atoms with van der Waals surface area (Å²) in [6.45, 7) is 2.25. The van der Waals surface area contributed by atoms with Crippen molar-refractivity contribution in [3.63, 3.8) is 0 Å². The molecule has 1 N–H and O–H groups in total. The molecule has 3 rings (SSSR count). The lowest BCUT2D eigenvalue weighted by Gasteiger charge is -2.17. The Bertz CT molecular complexity index is 821. The number of benzene rings is 1. The zero-order valence-corrected chi connectivity index (χ0v) is 14.9. The number of hydrogen-bond donors (Lipinski definition) is 1. The summed E-state index contributed by atoms with van der Waals surface area (Å²) in [5.41, 5.74) is 1.89. The topological polar surface area (TPSA) is 64.0 Å². The number of nitrogens with zero attached hydrogens (tertiary/aromatic N) is 2. The molecule has 0 aliphatic rings. The van der Waals surface area contributed by atoms with Gasteiger partial charge in [0.05, 0.1) is 11.8 Å². The number of hydrogen-bond acceptors (Lipinski definition) is 4. The minimum absolute atomic E-state index is 0.0243. The summed E-state index contributed by atoms with van der Waals surface area (Å²) in [4.78, 5) is 1.07. The van der Waals surface area contributed by atoms with E-state index in [9.17, 15) is 8.42 Å². The largest absolute Gasteiger partial charge is 0.263 e.